The fraction of sp³-hybridized carbons (Fsp3) is 0.545. The van der Waals surface area contributed by atoms with Crippen LogP contribution in [-0.2, 0) is 14.9 Å². The van der Waals surface area contributed by atoms with Gasteiger partial charge in [0, 0.05) is 29.4 Å². The van der Waals surface area contributed by atoms with Gasteiger partial charge >= 0.3 is 5.97 Å². The summed E-state index contributed by atoms with van der Waals surface area (Å²) in [5.74, 6) is -3.95. The lowest BCUT2D eigenvalue weighted by atomic mass is 9.54. The molecule has 0 amide bonds. The van der Waals surface area contributed by atoms with Crippen LogP contribution in [0.1, 0.15) is 81.3 Å². The first-order valence-corrected chi connectivity index (χ1v) is 9.78. The molecule has 4 N–H and O–H groups in total. The molecule has 2 aliphatic carbocycles. The Hall–Kier alpha value is -2.70. The van der Waals surface area contributed by atoms with Gasteiger partial charge in [-0.3, -0.25) is 9.59 Å². The second kappa shape index (κ2) is 6.68. The Morgan fingerprint density at radius 3 is 2.28 bits per heavy atom. The fourth-order valence-electron chi connectivity index (χ4n) is 5.22. The zero-order valence-corrected chi connectivity index (χ0v) is 17.4. The van der Waals surface area contributed by atoms with Gasteiger partial charge in [-0.2, -0.15) is 0 Å². The van der Waals surface area contributed by atoms with Gasteiger partial charge < -0.3 is 25.2 Å². The number of hydrogen-bond acceptors (Lipinski definition) is 7. The van der Waals surface area contributed by atoms with E-state index in [9.17, 15) is 30.0 Å². The highest BCUT2D eigenvalue weighted by atomic mass is 16.5. The van der Waals surface area contributed by atoms with Crippen LogP contribution in [-0.4, -0.2) is 38.8 Å². The molecule has 1 aromatic rings. The van der Waals surface area contributed by atoms with Gasteiger partial charge in [-0.1, -0.05) is 34.1 Å². The summed E-state index contributed by atoms with van der Waals surface area (Å²) in [5.41, 5.74) is -1.03. The molecule has 2 aliphatic rings. The van der Waals surface area contributed by atoms with Crippen LogP contribution in [0.4, 0.5) is 0 Å². The highest BCUT2D eigenvalue weighted by Crippen LogP contribution is 2.61. The Morgan fingerprint density at radius 1 is 1.07 bits per heavy atom. The van der Waals surface area contributed by atoms with Gasteiger partial charge in [0.05, 0.1) is 12.2 Å². The summed E-state index contributed by atoms with van der Waals surface area (Å²) < 4.78 is 4.95. The molecule has 0 heterocycles. The number of carbonyl (C=O) groups is 2. The summed E-state index contributed by atoms with van der Waals surface area (Å²) in [7, 11) is 0. The first-order chi connectivity index (χ1) is 13.3. The molecule has 1 saturated carbocycles. The molecule has 0 bridgehead atoms. The van der Waals surface area contributed by atoms with Crippen LogP contribution in [0, 0.1) is 5.41 Å². The number of Topliss-reactive ketones (excluding diaryl/α,β-unsaturated/α-hetero) is 1. The highest BCUT2D eigenvalue weighted by molar-refractivity contribution is 6.13. The van der Waals surface area contributed by atoms with Gasteiger partial charge in [0.1, 0.15) is 5.75 Å². The van der Waals surface area contributed by atoms with Crippen LogP contribution in [0.3, 0.4) is 0 Å². The van der Waals surface area contributed by atoms with Gasteiger partial charge in [-0.15, -0.1) is 0 Å². The lowest BCUT2D eigenvalue weighted by molar-refractivity contribution is -0.141. The zero-order valence-electron chi connectivity index (χ0n) is 17.4. The standard InChI is InChI=1S/C22H28O7/c1-10(9-29-11(2)23)12-15(24)13-14(18(27)16(12)25)22(5)8-6-7-21(3,4)20(22)19(28)17(13)26/h10,24-25,27-28H,6-9H2,1-5H3. The van der Waals surface area contributed by atoms with E-state index in [-0.39, 0.29) is 23.3 Å². The minimum atomic E-state index is -0.911. The molecular weight excluding hydrogens is 376 g/mol. The van der Waals surface area contributed by atoms with Crippen LogP contribution in [0.15, 0.2) is 11.3 Å². The summed E-state index contributed by atoms with van der Waals surface area (Å²) >= 11 is 0. The second-order valence-corrected chi connectivity index (χ2v) is 9.04. The number of phenols is 3. The largest absolute Gasteiger partial charge is 0.507 e. The van der Waals surface area contributed by atoms with Crippen LogP contribution < -0.4 is 0 Å². The molecular formula is C22H28O7. The van der Waals surface area contributed by atoms with Crippen molar-refractivity contribution in [3.8, 4) is 17.2 Å². The maximum atomic E-state index is 13.1. The van der Waals surface area contributed by atoms with Gasteiger partial charge in [-0.05, 0) is 23.8 Å². The molecule has 0 saturated heterocycles. The summed E-state index contributed by atoms with van der Waals surface area (Å²) in [6, 6.07) is 0. The maximum absolute atomic E-state index is 13.1. The molecule has 29 heavy (non-hydrogen) atoms. The topological polar surface area (TPSA) is 124 Å². The van der Waals surface area contributed by atoms with Gasteiger partial charge in [0.25, 0.3) is 0 Å². The van der Waals surface area contributed by atoms with E-state index in [1.54, 1.807) is 6.92 Å². The van der Waals surface area contributed by atoms with Crippen molar-refractivity contribution >= 4 is 11.8 Å². The van der Waals surface area contributed by atoms with Crippen LogP contribution >= 0.6 is 0 Å². The molecule has 7 nitrogen and oxygen atoms in total. The average molecular weight is 404 g/mol. The quantitative estimate of drug-likeness (QED) is 0.342. The third-order valence-corrected chi connectivity index (χ3v) is 6.43. The van der Waals surface area contributed by atoms with Crippen LogP contribution in [0.5, 0.6) is 17.2 Å². The number of allylic oxidation sites excluding steroid dienone is 2. The van der Waals surface area contributed by atoms with Crippen molar-refractivity contribution in [2.75, 3.05) is 6.61 Å². The van der Waals surface area contributed by atoms with Crippen molar-refractivity contribution in [3.63, 3.8) is 0 Å². The molecule has 7 heteroatoms. The smallest absolute Gasteiger partial charge is 0.302 e. The third-order valence-electron chi connectivity index (χ3n) is 6.43. The minimum Gasteiger partial charge on any atom is -0.507 e. The number of ketones is 1. The number of esters is 1. The van der Waals surface area contributed by atoms with Crippen molar-refractivity contribution in [3.05, 3.63) is 28.0 Å². The summed E-state index contributed by atoms with van der Waals surface area (Å²) in [6.07, 6.45) is 2.10. The average Bonchev–Trinajstić information content (AvgIpc) is 2.60. The number of aliphatic hydroxyl groups is 1. The maximum Gasteiger partial charge on any atom is 0.302 e. The third kappa shape index (κ3) is 2.94. The molecule has 0 radical (unpaired) electrons. The second-order valence-electron chi connectivity index (χ2n) is 9.04. The van der Waals surface area contributed by atoms with Crippen LogP contribution in [0.25, 0.3) is 0 Å². The first-order valence-electron chi connectivity index (χ1n) is 9.78. The van der Waals surface area contributed by atoms with E-state index in [1.807, 2.05) is 20.8 Å². The normalized spacial score (nSPS) is 24.0. The zero-order chi connectivity index (χ0) is 21.9. The van der Waals surface area contributed by atoms with Crippen molar-refractivity contribution < 1.29 is 34.8 Å². The monoisotopic (exact) mass is 404 g/mol. The summed E-state index contributed by atoms with van der Waals surface area (Å²) in [4.78, 5) is 24.2. The van der Waals surface area contributed by atoms with E-state index in [0.29, 0.717) is 12.0 Å². The molecule has 1 aromatic carbocycles. The number of rotatable bonds is 3. The Bertz CT molecular complexity index is 941. The predicted molar refractivity (Wildman–Crippen MR) is 105 cm³/mol. The van der Waals surface area contributed by atoms with E-state index in [1.165, 1.54) is 6.92 Å². The molecule has 0 aliphatic heterocycles. The SMILES string of the molecule is CC(=O)OCC(C)c1c(O)c(O)c2c(c1O)C(=O)C(O)=C1C(C)(C)CCCC12C. The number of fused-ring (bicyclic) bond motifs is 3. The number of ether oxygens (including phenoxy) is 1. The minimum absolute atomic E-state index is 0.0919. The first kappa shape index (κ1) is 21.0. The highest BCUT2D eigenvalue weighted by Gasteiger charge is 2.53. The van der Waals surface area contributed by atoms with Crippen molar-refractivity contribution in [1.29, 1.82) is 0 Å². The summed E-state index contributed by atoms with van der Waals surface area (Å²) in [5, 5.41) is 43.4. The Balaban J connectivity index is 2.29. The molecule has 0 spiro atoms. The summed E-state index contributed by atoms with van der Waals surface area (Å²) in [6.45, 7) is 8.34. The number of phenolic OH excluding ortho intramolecular Hbond substituents is 3. The van der Waals surface area contributed by atoms with Crippen LogP contribution in [0.2, 0.25) is 0 Å². The Labute approximate surface area is 169 Å². The Morgan fingerprint density at radius 2 is 1.69 bits per heavy atom. The van der Waals surface area contributed by atoms with E-state index in [4.69, 9.17) is 4.74 Å². The number of carbonyl (C=O) groups excluding carboxylic acids is 2. The number of hydrogen-bond donors (Lipinski definition) is 4. The number of aromatic hydroxyl groups is 3. The van der Waals surface area contributed by atoms with E-state index in [0.717, 1.165) is 12.8 Å². The molecule has 3 rings (SSSR count). The van der Waals surface area contributed by atoms with Gasteiger partial charge in [0.15, 0.2) is 17.3 Å². The lowest BCUT2D eigenvalue weighted by Crippen LogP contribution is -2.43. The van der Waals surface area contributed by atoms with Crippen molar-refractivity contribution in [2.24, 2.45) is 5.41 Å². The Kier molecular flexibility index (Phi) is 4.84. The van der Waals surface area contributed by atoms with Gasteiger partial charge in [-0.25, -0.2) is 0 Å². The van der Waals surface area contributed by atoms with Crippen molar-refractivity contribution in [2.45, 2.75) is 65.2 Å². The fourth-order valence-corrected chi connectivity index (χ4v) is 5.22. The molecule has 2 atom stereocenters. The van der Waals surface area contributed by atoms with E-state index in [2.05, 4.69) is 0 Å². The molecule has 158 valence electrons. The molecule has 1 fully saturated rings. The number of benzene rings is 1. The van der Waals surface area contributed by atoms with E-state index < -0.39 is 51.5 Å². The number of aliphatic hydroxyl groups excluding tert-OH is 1. The predicted octanol–water partition coefficient (Wildman–Crippen LogP) is 3.95. The van der Waals surface area contributed by atoms with Gasteiger partial charge in [0.2, 0.25) is 5.78 Å². The molecule has 0 aromatic heterocycles. The van der Waals surface area contributed by atoms with Crippen molar-refractivity contribution in [1.82, 2.24) is 0 Å². The lowest BCUT2D eigenvalue weighted by Gasteiger charge is -2.49. The molecule has 2 unspecified atom stereocenters. The van der Waals surface area contributed by atoms with E-state index >= 15 is 0 Å².